The van der Waals surface area contributed by atoms with Crippen LogP contribution in [0.15, 0.2) is 24.3 Å². The van der Waals surface area contributed by atoms with E-state index < -0.39 is 6.10 Å². The van der Waals surface area contributed by atoms with Gasteiger partial charge in [-0.05, 0) is 70.1 Å². The number of nitrogens with zero attached hydrogens (tertiary/aromatic N) is 2. The molecule has 1 unspecified atom stereocenters. The summed E-state index contributed by atoms with van der Waals surface area (Å²) >= 11 is 5.87. The molecule has 0 radical (unpaired) electrons. The molecular weight excluding hydrogens is 284 g/mol. The van der Waals surface area contributed by atoms with Crippen LogP contribution in [-0.4, -0.2) is 55.2 Å². The number of rotatable bonds is 6. The molecule has 1 aliphatic heterocycles. The molecule has 4 heteroatoms. The molecule has 118 valence electrons. The Morgan fingerprint density at radius 1 is 1.29 bits per heavy atom. The number of hydrogen-bond acceptors (Lipinski definition) is 3. The fourth-order valence-electron chi connectivity index (χ4n) is 2.97. The molecule has 3 nitrogen and oxygen atoms in total. The Bertz CT molecular complexity index is 415. The quantitative estimate of drug-likeness (QED) is 0.875. The summed E-state index contributed by atoms with van der Waals surface area (Å²) in [5.74, 6) is 0.805. The highest BCUT2D eigenvalue weighted by atomic mass is 35.5. The van der Waals surface area contributed by atoms with Crippen molar-refractivity contribution in [3.05, 3.63) is 34.9 Å². The molecule has 1 saturated heterocycles. The Hall–Kier alpha value is -0.610. The van der Waals surface area contributed by atoms with E-state index in [0.717, 1.165) is 31.0 Å². The topological polar surface area (TPSA) is 26.7 Å². The maximum Gasteiger partial charge on any atom is 0.0802 e. The molecule has 0 saturated carbocycles. The minimum atomic E-state index is -0.401. The molecule has 0 spiro atoms. The molecule has 1 aromatic rings. The summed E-state index contributed by atoms with van der Waals surface area (Å²) in [4.78, 5) is 4.76. The zero-order valence-corrected chi connectivity index (χ0v) is 13.9. The van der Waals surface area contributed by atoms with E-state index in [1.54, 1.807) is 0 Å². The van der Waals surface area contributed by atoms with Crippen molar-refractivity contribution in [1.29, 1.82) is 0 Å². The van der Waals surface area contributed by atoms with Crippen molar-refractivity contribution < 1.29 is 5.11 Å². The second-order valence-electron chi connectivity index (χ2n) is 6.36. The number of benzene rings is 1. The first-order chi connectivity index (χ1) is 10.0. The zero-order chi connectivity index (χ0) is 15.2. The van der Waals surface area contributed by atoms with Gasteiger partial charge < -0.3 is 14.9 Å². The van der Waals surface area contributed by atoms with Gasteiger partial charge in [0.2, 0.25) is 0 Å². The van der Waals surface area contributed by atoms with Gasteiger partial charge in [0.25, 0.3) is 0 Å². The summed E-state index contributed by atoms with van der Waals surface area (Å²) in [7, 11) is 4.36. The van der Waals surface area contributed by atoms with Crippen molar-refractivity contribution >= 4 is 11.6 Å². The lowest BCUT2D eigenvalue weighted by Gasteiger charge is -2.31. The van der Waals surface area contributed by atoms with Gasteiger partial charge in [-0.25, -0.2) is 0 Å². The van der Waals surface area contributed by atoms with Crippen molar-refractivity contribution in [2.45, 2.75) is 25.4 Å². The van der Waals surface area contributed by atoms with Crippen LogP contribution in [0.4, 0.5) is 0 Å². The molecular formula is C17H27ClN2O. The smallest absolute Gasteiger partial charge is 0.0802 e. The second-order valence-corrected chi connectivity index (χ2v) is 6.80. The van der Waals surface area contributed by atoms with Crippen molar-refractivity contribution in [2.24, 2.45) is 5.92 Å². The lowest BCUT2D eigenvalue weighted by atomic mass is 9.96. The van der Waals surface area contributed by atoms with Gasteiger partial charge in [-0.2, -0.15) is 0 Å². The fraction of sp³-hybridized carbons (Fsp3) is 0.647. The minimum absolute atomic E-state index is 0.401. The molecule has 1 atom stereocenters. The lowest BCUT2D eigenvalue weighted by Crippen LogP contribution is -2.36. The summed E-state index contributed by atoms with van der Waals surface area (Å²) in [6, 6.07) is 7.48. The van der Waals surface area contributed by atoms with Crippen LogP contribution < -0.4 is 0 Å². The van der Waals surface area contributed by atoms with E-state index in [1.165, 1.54) is 25.9 Å². The van der Waals surface area contributed by atoms with Crippen LogP contribution in [0, 0.1) is 5.92 Å². The van der Waals surface area contributed by atoms with Gasteiger partial charge in [0.15, 0.2) is 0 Å². The number of aliphatic hydroxyl groups excluding tert-OH is 1. The molecule has 1 heterocycles. The first-order valence-electron chi connectivity index (χ1n) is 7.85. The summed E-state index contributed by atoms with van der Waals surface area (Å²) in [5, 5.41) is 10.9. The van der Waals surface area contributed by atoms with Gasteiger partial charge in [0.1, 0.15) is 0 Å². The van der Waals surface area contributed by atoms with Gasteiger partial charge in [-0.15, -0.1) is 0 Å². The van der Waals surface area contributed by atoms with E-state index in [1.807, 2.05) is 24.3 Å². The zero-order valence-electron chi connectivity index (χ0n) is 13.1. The van der Waals surface area contributed by atoms with Gasteiger partial charge in [0, 0.05) is 18.1 Å². The van der Waals surface area contributed by atoms with E-state index in [2.05, 4.69) is 23.9 Å². The number of likely N-dealkylation sites (tertiary alicyclic amines) is 1. The van der Waals surface area contributed by atoms with E-state index >= 15 is 0 Å². The van der Waals surface area contributed by atoms with Crippen molar-refractivity contribution in [3.63, 3.8) is 0 Å². The van der Waals surface area contributed by atoms with Gasteiger partial charge in [-0.1, -0.05) is 23.7 Å². The SMILES string of the molecule is CN1CCC(CN(C)CCC(O)c2ccc(Cl)cc2)CC1. The average molecular weight is 311 g/mol. The number of hydrogen-bond donors (Lipinski definition) is 1. The van der Waals surface area contributed by atoms with Crippen molar-refractivity contribution in [3.8, 4) is 0 Å². The first kappa shape index (κ1) is 16.8. The Kier molecular flexibility index (Phi) is 6.49. The van der Waals surface area contributed by atoms with Crippen molar-refractivity contribution in [2.75, 3.05) is 40.3 Å². The van der Waals surface area contributed by atoms with Crippen LogP contribution in [0.2, 0.25) is 5.02 Å². The normalized spacial score (nSPS) is 19.1. The van der Waals surface area contributed by atoms with E-state index in [-0.39, 0.29) is 0 Å². The van der Waals surface area contributed by atoms with Crippen LogP contribution in [0.5, 0.6) is 0 Å². The standard InChI is InChI=1S/C17H27ClN2O/c1-19-10-7-14(8-11-19)13-20(2)12-9-17(21)15-3-5-16(18)6-4-15/h3-6,14,17,21H,7-13H2,1-2H3. The minimum Gasteiger partial charge on any atom is -0.388 e. The van der Waals surface area contributed by atoms with Crippen LogP contribution in [0.25, 0.3) is 0 Å². The Labute approximate surface area is 133 Å². The predicted octanol–water partition coefficient (Wildman–Crippen LogP) is 3.04. The van der Waals surface area contributed by atoms with Crippen molar-refractivity contribution in [1.82, 2.24) is 9.80 Å². The maximum absolute atomic E-state index is 10.2. The third-order valence-corrected chi connectivity index (χ3v) is 4.70. The maximum atomic E-state index is 10.2. The Balaban J connectivity index is 1.70. The first-order valence-corrected chi connectivity index (χ1v) is 8.23. The summed E-state index contributed by atoms with van der Waals surface area (Å²) in [6.45, 7) is 4.50. The third kappa shape index (κ3) is 5.59. The summed E-state index contributed by atoms with van der Waals surface area (Å²) in [6.07, 6.45) is 2.95. The highest BCUT2D eigenvalue weighted by Gasteiger charge is 2.18. The molecule has 0 aromatic heterocycles. The van der Waals surface area contributed by atoms with Crippen LogP contribution >= 0.6 is 11.6 Å². The molecule has 2 rings (SSSR count). The molecule has 1 aliphatic rings. The number of piperidine rings is 1. The fourth-order valence-corrected chi connectivity index (χ4v) is 3.10. The molecule has 0 aliphatic carbocycles. The molecule has 1 N–H and O–H groups in total. The Morgan fingerprint density at radius 2 is 1.90 bits per heavy atom. The summed E-state index contributed by atoms with van der Waals surface area (Å²) in [5.41, 5.74) is 0.951. The van der Waals surface area contributed by atoms with Gasteiger partial charge >= 0.3 is 0 Å². The highest BCUT2D eigenvalue weighted by molar-refractivity contribution is 6.30. The molecule has 1 fully saturated rings. The Morgan fingerprint density at radius 3 is 2.52 bits per heavy atom. The van der Waals surface area contributed by atoms with Gasteiger partial charge in [0.05, 0.1) is 6.10 Å². The van der Waals surface area contributed by atoms with E-state index in [9.17, 15) is 5.11 Å². The average Bonchev–Trinajstić information content (AvgIpc) is 2.48. The highest BCUT2D eigenvalue weighted by Crippen LogP contribution is 2.21. The third-order valence-electron chi connectivity index (χ3n) is 4.45. The molecule has 0 amide bonds. The van der Waals surface area contributed by atoms with Crippen LogP contribution in [0.1, 0.15) is 30.9 Å². The largest absolute Gasteiger partial charge is 0.388 e. The van der Waals surface area contributed by atoms with Gasteiger partial charge in [-0.3, -0.25) is 0 Å². The molecule has 0 bridgehead atoms. The second kappa shape index (κ2) is 8.14. The monoisotopic (exact) mass is 310 g/mol. The summed E-state index contributed by atoms with van der Waals surface area (Å²) < 4.78 is 0. The van der Waals surface area contributed by atoms with E-state index in [0.29, 0.717) is 5.02 Å². The van der Waals surface area contributed by atoms with Crippen LogP contribution in [0.3, 0.4) is 0 Å². The molecule has 21 heavy (non-hydrogen) atoms. The predicted molar refractivity (Wildman–Crippen MR) is 88.7 cm³/mol. The van der Waals surface area contributed by atoms with Crippen LogP contribution in [-0.2, 0) is 0 Å². The number of aliphatic hydroxyl groups is 1. The van der Waals surface area contributed by atoms with E-state index in [4.69, 9.17) is 11.6 Å². The molecule has 1 aromatic carbocycles. The number of halogens is 1. The lowest BCUT2D eigenvalue weighted by molar-refractivity contribution is 0.133.